The van der Waals surface area contributed by atoms with Gasteiger partial charge in [-0.3, -0.25) is 4.99 Å². The molecule has 0 radical (unpaired) electrons. The number of nitrogens with zero attached hydrogens (tertiary/aromatic N) is 3. The molecule has 0 fully saturated rings. The van der Waals surface area contributed by atoms with E-state index in [0.29, 0.717) is 28.8 Å². The van der Waals surface area contributed by atoms with Gasteiger partial charge in [-0.05, 0) is 24.6 Å². The van der Waals surface area contributed by atoms with E-state index in [4.69, 9.17) is 11.6 Å². The summed E-state index contributed by atoms with van der Waals surface area (Å²) in [7, 11) is 2.17. The van der Waals surface area contributed by atoms with Crippen LogP contribution < -0.4 is 5.32 Å². The second kappa shape index (κ2) is 9.28. The smallest absolute Gasteiger partial charge is 0.193 e. The molecule has 148 valence electrons. The van der Waals surface area contributed by atoms with Crippen LogP contribution in [0.5, 0.6) is 0 Å². The zero-order chi connectivity index (χ0) is 20.0. The van der Waals surface area contributed by atoms with E-state index >= 15 is 0 Å². The van der Waals surface area contributed by atoms with Crippen LogP contribution in [0.15, 0.2) is 52.5 Å². The van der Waals surface area contributed by atoms with Crippen molar-refractivity contribution in [1.29, 1.82) is 0 Å². The average Bonchev–Trinajstić information content (AvgIpc) is 2.96. The predicted octanol–water partition coefficient (Wildman–Crippen LogP) is 2.94. The minimum atomic E-state index is -3.37. The molecular weight excluding hydrogens is 384 g/mol. The second-order valence-corrected chi connectivity index (χ2v) is 8.98. The predicted molar refractivity (Wildman–Crippen MR) is 111 cm³/mol. The highest BCUT2D eigenvalue weighted by Gasteiger charge is 2.22. The van der Waals surface area contributed by atoms with Crippen molar-refractivity contribution in [1.82, 2.24) is 14.8 Å². The normalized spacial score (nSPS) is 13.4. The van der Waals surface area contributed by atoms with Gasteiger partial charge in [0, 0.05) is 39.1 Å². The van der Waals surface area contributed by atoms with Crippen molar-refractivity contribution in [3.8, 4) is 0 Å². The molecule has 1 heterocycles. The quantitative estimate of drug-likeness (QED) is 0.563. The number of aromatic nitrogens is 1. The molecule has 0 amide bonds. The van der Waals surface area contributed by atoms with Gasteiger partial charge in [-0.25, -0.2) is 8.42 Å². The topological polar surface area (TPSA) is 66.7 Å². The van der Waals surface area contributed by atoms with Crippen LogP contribution in [0.2, 0.25) is 5.02 Å². The fraction of sp³-hybridized carbons (Fsp3) is 0.421. The first-order valence-corrected chi connectivity index (χ1v) is 10.8. The summed E-state index contributed by atoms with van der Waals surface area (Å²) < 4.78 is 27.3. The Balaban J connectivity index is 2.07. The SMILES string of the molecule is CCC(CS(=O)(=O)c1ccccc1)NC(=NC)N(C)Cc1cc(Cl)cn1C. The third kappa shape index (κ3) is 5.74. The molecule has 0 aliphatic heterocycles. The van der Waals surface area contributed by atoms with E-state index in [1.807, 2.05) is 42.7 Å². The molecular formula is C19H27ClN4O2S. The van der Waals surface area contributed by atoms with Crippen molar-refractivity contribution < 1.29 is 8.42 Å². The molecule has 0 aliphatic carbocycles. The molecule has 1 atom stereocenters. The molecule has 2 aromatic rings. The fourth-order valence-corrected chi connectivity index (χ4v) is 4.71. The Kier molecular flexibility index (Phi) is 7.33. The third-order valence-electron chi connectivity index (χ3n) is 4.40. The standard InChI is InChI=1S/C19H27ClN4O2S/c1-5-16(14-27(25,26)18-9-7-6-8-10-18)22-19(21-2)24(4)13-17-11-15(20)12-23(17)3/h6-12,16H,5,13-14H2,1-4H3,(H,21,22). The van der Waals surface area contributed by atoms with Crippen LogP contribution >= 0.6 is 11.6 Å². The molecule has 0 saturated carbocycles. The summed E-state index contributed by atoms with van der Waals surface area (Å²) in [4.78, 5) is 6.59. The zero-order valence-electron chi connectivity index (χ0n) is 16.2. The molecule has 1 unspecified atom stereocenters. The summed E-state index contributed by atoms with van der Waals surface area (Å²) in [5.41, 5.74) is 1.04. The monoisotopic (exact) mass is 410 g/mol. The second-order valence-electron chi connectivity index (χ2n) is 6.51. The molecule has 6 nitrogen and oxygen atoms in total. The first-order valence-electron chi connectivity index (χ1n) is 8.79. The van der Waals surface area contributed by atoms with E-state index in [0.717, 1.165) is 5.69 Å². The number of aryl methyl sites for hydroxylation is 1. The largest absolute Gasteiger partial charge is 0.352 e. The Bertz CT molecular complexity index is 878. The number of aliphatic imine (C=N–C) groups is 1. The number of benzene rings is 1. The highest BCUT2D eigenvalue weighted by Crippen LogP contribution is 2.15. The van der Waals surface area contributed by atoms with E-state index in [9.17, 15) is 8.42 Å². The molecule has 1 aromatic carbocycles. The molecule has 0 bridgehead atoms. The number of hydrogen-bond donors (Lipinski definition) is 1. The van der Waals surface area contributed by atoms with Gasteiger partial charge in [-0.2, -0.15) is 0 Å². The lowest BCUT2D eigenvalue weighted by molar-refractivity contribution is 0.448. The van der Waals surface area contributed by atoms with Crippen LogP contribution in [-0.4, -0.2) is 49.7 Å². The van der Waals surface area contributed by atoms with Crippen LogP contribution in [0, 0.1) is 0 Å². The minimum absolute atomic E-state index is 0.0103. The van der Waals surface area contributed by atoms with Gasteiger partial charge in [0.15, 0.2) is 15.8 Å². The lowest BCUT2D eigenvalue weighted by Crippen LogP contribution is -2.46. The first-order chi connectivity index (χ1) is 12.8. The van der Waals surface area contributed by atoms with Crippen molar-refractivity contribution in [2.45, 2.75) is 30.8 Å². The maximum Gasteiger partial charge on any atom is 0.193 e. The Morgan fingerprint density at radius 1 is 1.33 bits per heavy atom. The summed E-state index contributed by atoms with van der Waals surface area (Å²) in [6.07, 6.45) is 2.51. The maximum absolute atomic E-state index is 12.7. The summed E-state index contributed by atoms with van der Waals surface area (Å²) >= 11 is 6.05. The number of rotatable bonds is 7. The van der Waals surface area contributed by atoms with Crippen LogP contribution in [0.25, 0.3) is 0 Å². The summed E-state index contributed by atoms with van der Waals surface area (Å²) in [6.45, 7) is 2.56. The maximum atomic E-state index is 12.7. The van der Waals surface area contributed by atoms with Gasteiger partial charge < -0.3 is 14.8 Å². The molecule has 27 heavy (non-hydrogen) atoms. The van der Waals surface area contributed by atoms with Crippen LogP contribution in [0.3, 0.4) is 0 Å². The molecule has 1 N–H and O–H groups in total. The lowest BCUT2D eigenvalue weighted by atomic mass is 10.2. The summed E-state index contributed by atoms with van der Waals surface area (Å²) in [6, 6.07) is 10.2. The van der Waals surface area contributed by atoms with E-state index in [-0.39, 0.29) is 11.8 Å². The third-order valence-corrected chi connectivity index (χ3v) is 6.43. The molecule has 0 spiro atoms. The number of nitrogens with one attached hydrogen (secondary N) is 1. The number of sulfone groups is 1. The number of halogens is 1. The van der Waals surface area contributed by atoms with E-state index in [1.165, 1.54) is 0 Å². The molecule has 2 rings (SSSR count). The molecule has 0 aliphatic rings. The van der Waals surface area contributed by atoms with Gasteiger partial charge in [-0.1, -0.05) is 36.7 Å². The Hall–Kier alpha value is -1.99. The van der Waals surface area contributed by atoms with Crippen molar-refractivity contribution >= 4 is 27.4 Å². The van der Waals surface area contributed by atoms with Crippen LogP contribution in [-0.2, 0) is 23.4 Å². The highest BCUT2D eigenvalue weighted by molar-refractivity contribution is 7.91. The molecule has 1 aromatic heterocycles. The van der Waals surface area contributed by atoms with Gasteiger partial charge in [0.2, 0.25) is 0 Å². The van der Waals surface area contributed by atoms with Gasteiger partial charge in [0.25, 0.3) is 0 Å². The van der Waals surface area contributed by atoms with E-state index in [1.54, 1.807) is 37.4 Å². The van der Waals surface area contributed by atoms with Crippen molar-refractivity contribution in [2.75, 3.05) is 19.8 Å². The zero-order valence-corrected chi connectivity index (χ0v) is 17.8. The number of guanidine groups is 1. The minimum Gasteiger partial charge on any atom is -0.352 e. The number of hydrogen-bond acceptors (Lipinski definition) is 3. The summed E-state index contributed by atoms with van der Waals surface area (Å²) in [5.74, 6) is 0.651. The van der Waals surface area contributed by atoms with Crippen molar-refractivity contribution in [3.05, 3.63) is 53.3 Å². The summed E-state index contributed by atoms with van der Waals surface area (Å²) in [5, 5.41) is 3.96. The average molecular weight is 411 g/mol. The van der Waals surface area contributed by atoms with E-state index in [2.05, 4.69) is 10.3 Å². The van der Waals surface area contributed by atoms with Gasteiger partial charge in [0.05, 0.1) is 22.2 Å². The Morgan fingerprint density at radius 2 is 2.00 bits per heavy atom. The molecule has 0 saturated heterocycles. The fourth-order valence-electron chi connectivity index (χ4n) is 2.82. The Morgan fingerprint density at radius 3 is 2.52 bits per heavy atom. The van der Waals surface area contributed by atoms with Crippen molar-refractivity contribution in [2.24, 2.45) is 12.0 Å². The Labute approximate surface area is 166 Å². The first kappa shape index (κ1) is 21.3. The van der Waals surface area contributed by atoms with Gasteiger partial charge in [-0.15, -0.1) is 0 Å². The van der Waals surface area contributed by atoms with Crippen LogP contribution in [0.1, 0.15) is 19.0 Å². The molecule has 8 heteroatoms. The van der Waals surface area contributed by atoms with Gasteiger partial charge in [0.1, 0.15) is 0 Å². The van der Waals surface area contributed by atoms with Gasteiger partial charge >= 0.3 is 0 Å². The highest BCUT2D eigenvalue weighted by atomic mass is 35.5. The lowest BCUT2D eigenvalue weighted by Gasteiger charge is -2.26. The van der Waals surface area contributed by atoms with Crippen molar-refractivity contribution in [3.63, 3.8) is 0 Å². The van der Waals surface area contributed by atoms with Crippen LogP contribution in [0.4, 0.5) is 0 Å². The van der Waals surface area contributed by atoms with E-state index < -0.39 is 9.84 Å².